The fourth-order valence-corrected chi connectivity index (χ4v) is 0.720. The van der Waals surface area contributed by atoms with Gasteiger partial charge in [0.2, 0.25) is 0 Å². The van der Waals surface area contributed by atoms with E-state index in [9.17, 15) is 14.9 Å². The van der Waals surface area contributed by atoms with Crippen LogP contribution in [0.15, 0.2) is 21.7 Å². The summed E-state index contributed by atoms with van der Waals surface area (Å²) in [5.41, 5.74) is 2.11. The van der Waals surface area contributed by atoms with Gasteiger partial charge in [-0.2, -0.15) is 5.10 Å². The highest BCUT2D eigenvalue weighted by Crippen LogP contribution is 2.13. The molecule has 0 saturated carbocycles. The standard InChI is InChI=1S/C7H8N4O4/c1-8-7(12)10-9-4-5-2-3-6(15-5)11(13)14/h2-4H,1H3,(H2,8,10,12)/b9-4-. The van der Waals surface area contributed by atoms with Crippen LogP contribution in [-0.4, -0.2) is 24.2 Å². The maximum atomic E-state index is 10.6. The lowest BCUT2D eigenvalue weighted by molar-refractivity contribution is -0.402. The lowest BCUT2D eigenvalue weighted by Crippen LogP contribution is -2.28. The van der Waals surface area contributed by atoms with Crippen LogP contribution in [0.4, 0.5) is 10.7 Å². The highest BCUT2D eigenvalue weighted by atomic mass is 16.6. The van der Waals surface area contributed by atoms with Crippen molar-refractivity contribution < 1.29 is 14.1 Å². The number of nitro groups is 1. The number of hydrogen-bond acceptors (Lipinski definition) is 5. The third kappa shape index (κ3) is 3.10. The largest absolute Gasteiger partial charge is 0.433 e. The Balaban J connectivity index is 2.57. The molecule has 2 amide bonds. The van der Waals surface area contributed by atoms with Crippen molar-refractivity contribution >= 4 is 18.1 Å². The van der Waals surface area contributed by atoms with Gasteiger partial charge < -0.3 is 9.73 Å². The van der Waals surface area contributed by atoms with E-state index in [1.54, 1.807) is 0 Å². The first-order valence-electron chi connectivity index (χ1n) is 3.88. The van der Waals surface area contributed by atoms with Crippen molar-refractivity contribution in [2.24, 2.45) is 5.10 Å². The van der Waals surface area contributed by atoms with Gasteiger partial charge in [0, 0.05) is 7.05 Å². The van der Waals surface area contributed by atoms with Gasteiger partial charge in [0.05, 0.1) is 12.3 Å². The summed E-state index contributed by atoms with van der Waals surface area (Å²) in [6.07, 6.45) is 1.15. The predicted molar refractivity (Wildman–Crippen MR) is 50.5 cm³/mol. The van der Waals surface area contributed by atoms with Crippen molar-refractivity contribution in [1.29, 1.82) is 0 Å². The van der Waals surface area contributed by atoms with Crippen molar-refractivity contribution in [2.75, 3.05) is 7.05 Å². The minimum atomic E-state index is -0.663. The molecule has 0 aliphatic rings. The summed E-state index contributed by atoms with van der Waals surface area (Å²) in [6, 6.07) is 2.07. The molecule has 0 spiro atoms. The number of rotatable bonds is 3. The van der Waals surface area contributed by atoms with Crippen LogP contribution in [0.3, 0.4) is 0 Å². The number of nitrogens with one attached hydrogen (secondary N) is 2. The van der Waals surface area contributed by atoms with E-state index in [2.05, 4.69) is 15.8 Å². The van der Waals surface area contributed by atoms with Gasteiger partial charge in [-0.25, -0.2) is 10.2 Å². The first-order valence-corrected chi connectivity index (χ1v) is 3.88. The molecule has 0 aromatic carbocycles. The average Bonchev–Trinajstić information content (AvgIpc) is 2.66. The monoisotopic (exact) mass is 212 g/mol. The number of hydrazone groups is 1. The van der Waals surface area contributed by atoms with Gasteiger partial charge in [-0.1, -0.05) is 0 Å². The molecule has 1 aromatic rings. The normalized spacial score (nSPS) is 10.2. The maximum Gasteiger partial charge on any atom is 0.433 e. The molecule has 0 fully saturated rings. The van der Waals surface area contributed by atoms with Crippen LogP contribution >= 0.6 is 0 Å². The molecule has 8 nitrogen and oxygen atoms in total. The summed E-state index contributed by atoms with van der Waals surface area (Å²) < 4.78 is 4.74. The lowest BCUT2D eigenvalue weighted by Gasteiger charge is -1.94. The Kier molecular flexibility index (Phi) is 3.38. The first kappa shape index (κ1) is 10.7. The van der Waals surface area contributed by atoms with E-state index >= 15 is 0 Å². The topological polar surface area (TPSA) is 110 Å². The zero-order valence-electron chi connectivity index (χ0n) is 7.76. The lowest BCUT2D eigenvalue weighted by atomic mass is 10.5. The molecule has 0 radical (unpaired) electrons. The summed E-state index contributed by atoms with van der Waals surface area (Å²) in [5.74, 6) is -0.200. The van der Waals surface area contributed by atoms with E-state index in [-0.39, 0.29) is 11.6 Å². The van der Waals surface area contributed by atoms with Crippen LogP contribution in [-0.2, 0) is 0 Å². The van der Waals surface area contributed by atoms with Crippen LogP contribution in [0.1, 0.15) is 5.76 Å². The Morgan fingerprint density at radius 2 is 2.40 bits per heavy atom. The van der Waals surface area contributed by atoms with Crippen LogP contribution in [0.5, 0.6) is 0 Å². The number of urea groups is 1. The Morgan fingerprint density at radius 1 is 1.67 bits per heavy atom. The molecule has 0 atom stereocenters. The fourth-order valence-electron chi connectivity index (χ4n) is 0.720. The van der Waals surface area contributed by atoms with Crippen LogP contribution < -0.4 is 10.7 Å². The first-order chi connectivity index (χ1) is 7.13. The minimum absolute atomic E-state index is 0.179. The van der Waals surface area contributed by atoms with E-state index in [4.69, 9.17) is 4.42 Å². The van der Waals surface area contributed by atoms with Gasteiger partial charge in [0.25, 0.3) is 0 Å². The Labute approximate surface area is 84.1 Å². The number of nitrogens with zero attached hydrogens (tertiary/aromatic N) is 2. The Hall–Kier alpha value is -2.38. The van der Waals surface area contributed by atoms with Crippen molar-refractivity contribution in [2.45, 2.75) is 0 Å². The van der Waals surface area contributed by atoms with Crippen LogP contribution in [0.2, 0.25) is 0 Å². The molecule has 0 bridgehead atoms. The molecule has 15 heavy (non-hydrogen) atoms. The van der Waals surface area contributed by atoms with E-state index in [1.807, 2.05) is 0 Å². The second-order valence-electron chi connectivity index (χ2n) is 2.38. The molecule has 1 rings (SSSR count). The molecule has 0 aliphatic carbocycles. The van der Waals surface area contributed by atoms with Crippen molar-refractivity contribution in [3.05, 3.63) is 28.0 Å². The van der Waals surface area contributed by atoms with Crippen molar-refractivity contribution in [3.8, 4) is 0 Å². The van der Waals surface area contributed by atoms with Crippen molar-refractivity contribution in [1.82, 2.24) is 10.7 Å². The van der Waals surface area contributed by atoms with Crippen molar-refractivity contribution in [3.63, 3.8) is 0 Å². The molecule has 1 heterocycles. The fraction of sp³-hybridized carbons (Fsp3) is 0.143. The van der Waals surface area contributed by atoms with Crippen LogP contribution in [0, 0.1) is 10.1 Å². The highest BCUT2D eigenvalue weighted by molar-refractivity contribution is 5.79. The smallest absolute Gasteiger partial charge is 0.400 e. The van der Waals surface area contributed by atoms with E-state index in [0.29, 0.717) is 0 Å². The minimum Gasteiger partial charge on any atom is -0.400 e. The number of furan rings is 1. The molecule has 0 unspecified atom stereocenters. The molecule has 8 heteroatoms. The van der Waals surface area contributed by atoms with Gasteiger partial charge in [0.1, 0.15) is 4.92 Å². The predicted octanol–water partition coefficient (Wildman–Crippen LogP) is 0.451. The molecular weight excluding hydrogens is 204 g/mol. The number of hydrogen-bond donors (Lipinski definition) is 2. The Morgan fingerprint density at radius 3 is 2.93 bits per heavy atom. The van der Waals surface area contributed by atoms with E-state index < -0.39 is 11.0 Å². The van der Waals surface area contributed by atoms with Crippen LogP contribution in [0.25, 0.3) is 0 Å². The molecule has 1 aromatic heterocycles. The average molecular weight is 212 g/mol. The number of carbonyl (C=O) groups excluding carboxylic acids is 1. The Bertz CT molecular complexity index is 397. The number of amides is 2. The zero-order chi connectivity index (χ0) is 11.3. The molecule has 80 valence electrons. The summed E-state index contributed by atoms with van der Waals surface area (Å²) in [6.45, 7) is 0. The third-order valence-electron chi connectivity index (χ3n) is 1.38. The summed E-state index contributed by atoms with van der Waals surface area (Å²) in [4.78, 5) is 20.2. The second kappa shape index (κ2) is 4.74. The quantitative estimate of drug-likeness (QED) is 0.430. The molecule has 0 aliphatic heterocycles. The molecule has 0 saturated heterocycles. The van der Waals surface area contributed by atoms with Gasteiger partial charge in [-0.15, -0.1) is 0 Å². The molecule has 2 N–H and O–H groups in total. The summed E-state index contributed by atoms with van der Waals surface area (Å²) >= 11 is 0. The number of carbonyl (C=O) groups is 1. The SMILES string of the molecule is CNC(=O)N/N=C\c1ccc([N+](=O)[O-])o1. The zero-order valence-corrected chi connectivity index (χ0v) is 7.76. The highest BCUT2D eigenvalue weighted by Gasteiger charge is 2.09. The second-order valence-corrected chi connectivity index (χ2v) is 2.38. The van der Waals surface area contributed by atoms with Gasteiger partial charge in [0.15, 0.2) is 5.76 Å². The third-order valence-corrected chi connectivity index (χ3v) is 1.38. The van der Waals surface area contributed by atoms with E-state index in [1.165, 1.54) is 19.2 Å². The van der Waals surface area contributed by atoms with E-state index in [0.717, 1.165) is 6.21 Å². The summed E-state index contributed by atoms with van der Waals surface area (Å²) in [7, 11) is 1.43. The van der Waals surface area contributed by atoms with Gasteiger partial charge >= 0.3 is 11.9 Å². The maximum absolute atomic E-state index is 10.6. The van der Waals surface area contributed by atoms with Gasteiger partial charge in [-0.3, -0.25) is 10.1 Å². The van der Waals surface area contributed by atoms with Gasteiger partial charge in [-0.05, 0) is 6.07 Å². The summed E-state index contributed by atoms with van der Waals surface area (Å²) in [5, 5.41) is 16.0. The molecular formula is C7H8N4O4.